The van der Waals surface area contributed by atoms with Crippen molar-refractivity contribution in [3.05, 3.63) is 29.8 Å². The van der Waals surface area contributed by atoms with E-state index in [4.69, 9.17) is 0 Å². The van der Waals surface area contributed by atoms with Crippen LogP contribution in [0.4, 0.5) is 4.39 Å². The fourth-order valence-corrected chi connectivity index (χ4v) is 2.66. The summed E-state index contributed by atoms with van der Waals surface area (Å²) in [5.74, 6) is -0.0336. The standard InChI is InChI=1S/C16H28FN3O/c1-6-20(11-16(3,4)21)10-12(2)15(18-5)14-8-7-13(17)9-19-14/h7-9,12,15,18,21H,6,10-11H2,1-5H3. The van der Waals surface area contributed by atoms with Gasteiger partial charge < -0.3 is 15.3 Å². The van der Waals surface area contributed by atoms with Crippen LogP contribution in [0.15, 0.2) is 18.3 Å². The molecule has 0 aliphatic carbocycles. The second-order valence-electron chi connectivity index (χ2n) is 6.29. The van der Waals surface area contributed by atoms with Crippen LogP contribution in [-0.4, -0.2) is 47.3 Å². The van der Waals surface area contributed by atoms with Crippen LogP contribution in [0.25, 0.3) is 0 Å². The Morgan fingerprint density at radius 1 is 1.43 bits per heavy atom. The van der Waals surface area contributed by atoms with Crippen molar-refractivity contribution < 1.29 is 9.50 Å². The summed E-state index contributed by atoms with van der Waals surface area (Å²) in [5, 5.41) is 13.2. The average Bonchev–Trinajstić information content (AvgIpc) is 2.39. The molecule has 5 heteroatoms. The van der Waals surface area contributed by atoms with E-state index in [-0.39, 0.29) is 17.8 Å². The highest BCUT2D eigenvalue weighted by Crippen LogP contribution is 2.21. The van der Waals surface area contributed by atoms with E-state index in [1.54, 1.807) is 6.07 Å². The Balaban J connectivity index is 2.74. The molecule has 2 N–H and O–H groups in total. The monoisotopic (exact) mass is 297 g/mol. The van der Waals surface area contributed by atoms with Crippen LogP contribution in [0.2, 0.25) is 0 Å². The summed E-state index contributed by atoms with van der Waals surface area (Å²) in [6.07, 6.45) is 1.25. The number of rotatable bonds is 8. The molecule has 1 heterocycles. The number of pyridine rings is 1. The minimum absolute atomic E-state index is 0.0569. The summed E-state index contributed by atoms with van der Waals surface area (Å²) in [7, 11) is 1.89. The SMILES string of the molecule is CCN(CC(C)C(NC)c1ccc(F)cn1)CC(C)(C)O. The van der Waals surface area contributed by atoms with Gasteiger partial charge >= 0.3 is 0 Å². The van der Waals surface area contributed by atoms with Gasteiger partial charge in [-0.05, 0) is 45.5 Å². The van der Waals surface area contributed by atoms with Gasteiger partial charge in [0.25, 0.3) is 0 Å². The van der Waals surface area contributed by atoms with Gasteiger partial charge in [-0.2, -0.15) is 0 Å². The molecule has 0 aliphatic heterocycles. The first-order valence-electron chi connectivity index (χ1n) is 7.50. The first-order chi connectivity index (χ1) is 9.76. The summed E-state index contributed by atoms with van der Waals surface area (Å²) in [6.45, 7) is 10.2. The van der Waals surface area contributed by atoms with Gasteiger partial charge in [0.05, 0.1) is 23.5 Å². The highest BCUT2D eigenvalue weighted by Gasteiger charge is 2.24. The van der Waals surface area contributed by atoms with Crippen molar-refractivity contribution in [2.45, 2.75) is 39.3 Å². The highest BCUT2D eigenvalue weighted by atomic mass is 19.1. The molecule has 1 rings (SSSR count). The zero-order valence-corrected chi connectivity index (χ0v) is 13.7. The molecule has 0 aromatic carbocycles. The molecular formula is C16H28FN3O. The van der Waals surface area contributed by atoms with E-state index in [9.17, 15) is 9.50 Å². The molecule has 4 nitrogen and oxygen atoms in total. The van der Waals surface area contributed by atoms with Crippen molar-refractivity contribution in [3.8, 4) is 0 Å². The van der Waals surface area contributed by atoms with E-state index in [2.05, 4.69) is 29.0 Å². The molecule has 2 unspecified atom stereocenters. The maximum absolute atomic E-state index is 13.0. The summed E-state index contributed by atoms with van der Waals surface area (Å²) in [4.78, 5) is 6.39. The van der Waals surface area contributed by atoms with Gasteiger partial charge in [-0.15, -0.1) is 0 Å². The Kier molecular flexibility index (Phi) is 6.71. The molecular weight excluding hydrogens is 269 g/mol. The molecule has 0 saturated carbocycles. The highest BCUT2D eigenvalue weighted by molar-refractivity contribution is 5.11. The van der Waals surface area contributed by atoms with Crippen molar-refractivity contribution in [1.29, 1.82) is 0 Å². The molecule has 2 atom stereocenters. The summed E-state index contributed by atoms with van der Waals surface area (Å²) in [5.41, 5.74) is 0.129. The molecule has 0 amide bonds. The summed E-state index contributed by atoms with van der Waals surface area (Å²) >= 11 is 0. The second kappa shape index (κ2) is 7.82. The molecule has 1 aromatic rings. The van der Waals surface area contributed by atoms with Crippen molar-refractivity contribution in [1.82, 2.24) is 15.2 Å². The minimum atomic E-state index is -0.709. The topological polar surface area (TPSA) is 48.4 Å². The second-order valence-corrected chi connectivity index (χ2v) is 6.29. The largest absolute Gasteiger partial charge is 0.389 e. The predicted octanol–water partition coefficient (Wildman–Crippen LogP) is 2.21. The van der Waals surface area contributed by atoms with E-state index >= 15 is 0 Å². The van der Waals surface area contributed by atoms with Crippen molar-refractivity contribution in [2.24, 2.45) is 5.92 Å². The van der Waals surface area contributed by atoms with Gasteiger partial charge in [0.1, 0.15) is 5.82 Å². The first-order valence-corrected chi connectivity index (χ1v) is 7.50. The smallest absolute Gasteiger partial charge is 0.141 e. The van der Waals surface area contributed by atoms with E-state index < -0.39 is 5.60 Å². The molecule has 1 aromatic heterocycles. The van der Waals surface area contributed by atoms with E-state index in [1.807, 2.05) is 20.9 Å². The molecule has 0 spiro atoms. The van der Waals surface area contributed by atoms with Gasteiger partial charge in [-0.3, -0.25) is 4.98 Å². The Morgan fingerprint density at radius 2 is 2.10 bits per heavy atom. The number of aromatic nitrogens is 1. The third kappa shape index (κ3) is 6.08. The van der Waals surface area contributed by atoms with Crippen LogP contribution in [0.3, 0.4) is 0 Å². The maximum Gasteiger partial charge on any atom is 0.141 e. The van der Waals surface area contributed by atoms with Crippen LogP contribution in [0.1, 0.15) is 39.4 Å². The van der Waals surface area contributed by atoms with Crippen LogP contribution >= 0.6 is 0 Å². The Labute approximate surface area is 127 Å². The number of hydrogen-bond donors (Lipinski definition) is 2. The van der Waals surface area contributed by atoms with Crippen LogP contribution in [0.5, 0.6) is 0 Å². The van der Waals surface area contributed by atoms with Crippen LogP contribution < -0.4 is 5.32 Å². The predicted molar refractivity (Wildman–Crippen MR) is 83.6 cm³/mol. The first kappa shape index (κ1) is 18.0. The lowest BCUT2D eigenvalue weighted by Crippen LogP contribution is -2.42. The molecule has 0 saturated heterocycles. The fraction of sp³-hybridized carbons (Fsp3) is 0.688. The number of halogens is 1. The number of likely N-dealkylation sites (N-methyl/N-ethyl adjacent to an activating group) is 1. The van der Waals surface area contributed by atoms with E-state index in [1.165, 1.54) is 12.3 Å². The van der Waals surface area contributed by atoms with Crippen molar-refractivity contribution in [3.63, 3.8) is 0 Å². The maximum atomic E-state index is 13.0. The van der Waals surface area contributed by atoms with Crippen LogP contribution in [-0.2, 0) is 0 Å². The number of aliphatic hydroxyl groups is 1. The molecule has 0 fully saturated rings. The van der Waals surface area contributed by atoms with E-state index in [0.717, 1.165) is 18.8 Å². The van der Waals surface area contributed by atoms with Crippen molar-refractivity contribution in [2.75, 3.05) is 26.7 Å². The zero-order valence-electron chi connectivity index (χ0n) is 13.7. The van der Waals surface area contributed by atoms with Gasteiger partial charge in [0, 0.05) is 13.1 Å². The quantitative estimate of drug-likeness (QED) is 0.772. The van der Waals surface area contributed by atoms with Gasteiger partial charge in [0.15, 0.2) is 0 Å². The van der Waals surface area contributed by atoms with Gasteiger partial charge in [-0.25, -0.2) is 4.39 Å². The Bertz CT molecular complexity index is 417. The number of hydrogen-bond acceptors (Lipinski definition) is 4. The van der Waals surface area contributed by atoms with E-state index in [0.29, 0.717) is 6.54 Å². The normalized spacial score (nSPS) is 15.2. The Morgan fingerprint density at radius 3 is 2.52 bits per heavy atom. The molecule has 21 heavy (non-hydrogen) atoms. The summed E-state index contributed by atoms with van der Waals surface area (Å²) in [6, 6.07) is 3.22. The molecule has 120 valence electrons. The van der Waals surface area contributed by atoms with Crippen molar-refractivity contribution >= 4 is 0 Å². The molecule has 0 radical (unpaired) electrons. The summed E-state index contributed by atoms with van der Waals surface area (Å²) < 4.78 is 13.0. The third-order valence-electron chi connectivity index (χ3n) is 3.55. The lowest BCUT2D eigenvalue weighted by atomic mass is 9.97. The zero-order chi connectivity index (χ0) is 16.0. The Hall–Kier alpha value is -1.04. The third-order valence-corrected chi connectivity index (χ3v) is 3.55. The number of nitrogens with one attached hydrogen (secondary N) is 1. The van der Waals surface area contributed by atoms with Gasteiger partial charge in [0.2, 0.25) is 0 Å². The molecule has 0 aliphatic rings. The lowest BCUT2D eigenvalue weighted by molar-refractivity contribution is 0.0317. The fourth-order valence-electron chi connectivity index (χ4n) is 2.66. The van der Waals surface area contributed by atoms with Gasteiger partial charge in [-0.1, -0.05) is 13.8 Å². The minimum Gasteiger partial charge on any atom is -0.389 e. The molecule has 0 bridgehead atoms. The van der Waals surface area contributed by atoms with Crippen LogP contribution in [0, 0.1) is 11.7 Å². The lowest BCUT2D eigenvalue weighted by Gasteiger charge is -2.32. The average molecular weight is 297 g/mol. The number of nitrogens with zero attached hydrogens (tertiary/aromatic N) is 2.